The minimum atomic E-state index is 0.852. The van der Waals surface area contributed by atoms with E-state index in [0.29, 0.717) is 0 Å². The number of nitrogens with zero attached hydrogens (tertiary/aromatic N) is 4. The van der Waals surface area contributed by atoms with E-state index in [1.54, 1.807) is 0 Å². The minimum absolute atomic E-state index is 0.852. The molecule has 0 saturated carbocycles. The summed E-state index contributed by atoms with van der Waals surface area (Å²) < 4.78 is 0. The zero-order valence-electron chi connectivity index (χ0n) is 30.0. The molecule has 6 heteroatoms. The van der Waals surface area contributed by atoms with Crippen LogP contribution in [0.5, 0.6) is 0 Å². The van der Waals surface area contributed by atoms with E-state index < -0.39 is 0 Å². The molecule has 10 rings (SSSR count). The summed E-state index contributed by atoms with van der Waals surface area (Å²) in [7, 11) is 0. The van der Waals surface area contributed by atoms with Crippen molar-refractivity contribution in [3.63, 3.8) is 0 Å². The molecular formula is C49H38N4O2. The lowest BCUT2D eigenvalue weighted by Gasteiger charge is -2.40. The molecule has 2 aliphatic rings. The van der Waals surface area contributed by atoms with Crippen LogP contribution in [-0.4, -0.2) is 10.5 Å². The topological polar surface area (TPSA) is 53.4 Å². The molecule has 0 atom stereocenters. The number of fused-ring (bicyclic) bond motifs is 4. The molecule has 266 valence electrons. The molecule has 0 bridgehead atoms. The molecule has 0 aromatic heterocycles. The Morgan fingerprint density at radius 3 is 0.673 bits per heavy atom. The van der Waals surface area contributed by atoms with E-state index >= 15 is 0 Å². The fourth-order valence-corrected chi connectivity index (χ4v) is 7.92. The standard InChI is InChI=1S/C49H36N4.H2O2/c1-3-15-38(16-4-1)50-42-19-7-11-23-46(42)52(47-24-12-8-20-43(47)50)40-31-27-36(28-32-40)35-37-29-33-41(34-30-37)53-48-25-13-9-21-44(48)51(39-17-5-2-6-18-39)45-22-10-14-26-49(45)53;1-2/h1-34H,35H2;1-2H. The van der Waals surface area contributed by atoms with Crippen LogP contribution in [0, 0.1) is 0 Å². The highest BCUT2D eigenvalue weighted by atomic mass is 17.0. The molecule has 6 nitrogen and oxygen atoms in total. The van der Waals surface area contributed by atoms with Gasteiger partial charge in [-0.15, -0.1) is 0 Å². The Balaban J connectivity index is 0.00000195. The summed E-state index contributed by atoms with van der Waals surface area (Å²) in [5.41, 5.74) is 16.4. The van der Waals surface area contributed by atoms with Crippen LogP contribution in [0.15, 0.2) is 206 Å². The minimum Gasteiger partial charge on any atom is -0.306 e. The lowest BCUT2D eigenvalue weighted by molar-refractivity contribution is -0.176. The highest BCUT2D eigenvalue weighted by molar-refractivity contribution is 6.02. The summed E-state index contributed by atoms with van der Waals surface area (Å²) in [4.78, 5) is 9.49. The predicted octanol–water partition coefficient (Wildman–Crippen LogP) is 13.8. The van der Waals surface area contributed by atoms with Crippen LogP contribution >= 0.6 is 0 Å². The van der Waals surface area contributed by atoms with E-state index in [9.17, 15) is 0 Å². The second-order valence-corrected chi connectivity index (χ2v) is 13.5. The zero-order valence-corrected chi connectivity index (χ0v) is 30.0. The lowest BCUT2D eigenvalue weighted by Crippen LogP contribution is -2.23. The van der Waals surface area contributed by atoms with Crippen LogP contribution in [0.1, 0.15) is 11.1 Å². The van der Waals surface area contributed by atoms with E-state index in [2.05, 4.69) is 226 Å². The third kappa shape index (κ3) is 6.05. The molecule has 0 amide bonds. The van der Waals surface area contributed by atoms with Crippen molar-refractivity contribution in [1.29, 1.82) is 0 Å². The second-order valence-electron chi connectivity index (χ2n) is 13.5. The summed E-state index contributed by atoms with van der Waals surface area (Å²) in [5, 5.41) is 12.0. The molecule has 0 spiro atoms. The first-order chi connectivity index (χ1) is 27.3. The highest BCUT2D eigenvalue weighted by Gasteiger charge is 2.31. The van der Waals surface area contributed by atoms with E-state index in [0.717, 1.165) is 74.7 Å². The average Bonchev–Trinajstić information content (AvgIpc) is 3.26. The van der Waals surface area contributed by atoms with Crippen LogP contribution in [0.3, 0.4) is 0 Å². The Morgan fingerprint density at radius 2 is 0.436 bits per heavy atom. The fraction of sp³-hybridized carbons (Fsp3) is 0.0204. The van der Waals surface area contributed by atoms with Gasteiger partial charge in [-0.05, 0) is 115 Å². The van der Waals surface area contributed by atoms with Crippen molar-refractivity contribution in [1.82, 2.24) is 0 Å². The number of anilines is 12. The van der Waals surface area contributed by atoms with Crippen LogP contribution < -0.4 is 19.6 Å². The van der Waals surface area contributed by atoms with Crippen molar-refractivity contribution in [2.24, 2.45) is 0 Å². The third-order valence-electron chi connectivity index (χ3n) is 10.3. The van der Waals surface area contributed by atoms with Gasteiger partial charge in [0, 0.05) is 22.7 Å². The second kappa shape index (κ2) is 14.7. The summed E-state index contributed by atoms with van der Waals surface area (Å²) in [6.45, 7) is 0. The van der Waals surface area contributed by atoms with E-state index in [1.165, 1.54) is 11.1 Å². The smallest absolute Gasteiger partial charge is 0.0703 e. The lowest BCUT2D eigenvalue weighted by atomic mass is 10.0. The van der Waals surface area contributed by atoms with Gasteiger partial charge in [-0.2, -0.15) is 0 Å². The van der Waals surface area contributed by atoms with Crippen molar-refractivity contribution in [2.45, 2.75) is 6.42 Å². The largest absolute Gasteiger partial charge is 0.306 e. The van der Waals surface area contributed by atoms with Gasteiger partial charge >= 0.3 is 0 Å². The number of para-hydroxylation sites is 10. The van der Waals surface area contributed by atoms with Crippen LogP contribution in [0.2, 0.25) is 0 Å². The van der Waals surface area contributed by atoms with Crippen molar-refractivity contribution >= 4 is 68.2 Å². The fourth-order valence-electron chi connectivity index (χ4n) is 7.92. The summed E-state index contributed by atoms with van der Waals surface area (Å²) in [6, 6.07) is 74.1. The Kier molecular flexibility index (Phi) is 9.02. The summed E-state index contributed by atoms with van der Waals surface area (Å²) >= 11 is 0. The number of hydrogen-bond acceptors (Lipinski definition) is 6. The van der Waals surface area contributed by atoms with Crippen molar-refractivity contribution in [3.05, 3.63) is 217 Å². The summed E-state index contributed by atoms with van der Waals surface area (Å²) in [5.74, 6) is 0. The third-order valence-corrected chi connectivity index (χ3v) is 10.3. The van der Waals surface area contributed by atoms with Gasteiger partial charge < -0.3 is 19.6 Å². The molecule has 8 aromatic rings. The van der Waals surface area contributed by atoms with E-state index in [-0.39, 0.29) is 0 Å². The van der Waals surface area contributed by atoms with Gasteiger partial charge in [0.2, 0.25) is 0 Å². The van der Waals surface area contributed by atoms with Crippen LogP contribution in [0.25, 0.3) is 0 Å². The van der Waals surface area contributed by atoms with Gasteiger partial charge in [-0.3, -0.25) is 10.5 Å². The number of hydrogen-bond donors (Lipinski definition) is 2. The van der Waals surface area contributed by atoms with Crippen LogP contribution in [-0.2, 0) is 6.42 Å². The van der Waals surface area contributed by atoms with Crippen molar-refractivity contribution in [3.8, 4) is 0 Å². The van der Waals surface area contributed by atoms with Gasteiger partial charge in [0.25, 0.3) is 0 Å². The Morgan fingerprint density at radius 1 is 0.236 bits per heavy atom. The number of rotatable bonds is 6. The molecule has 2 N–H and O–H groups in total. The van der Waals surface area contributed by atoms with Gasteiger partial charge in [0.05, 0.1) is 45.5 Å². The Hall–Kier alpha value is -7.12. The SMILES string of the molecule is OO.c1ccc(N2c3ccccc3N(c3ccc(Cc4ccc(N5c6ccccc6N(c6ccccc6)c6ccccc65)cc4)cc3)c3ccccc32)cc1. The predicted molar refractivity (Wildman–Crippen MR) is 227 cm³/mol. The first-order valence-electron chi connectivity index (χ1n) is 18.4. The molecule has 2 aliphatic heterocycles. The molecule has 0 fully saturated rings. The zero-order chi connectivity index (χ0) is 37.1. The first-order valence-corrected chi connectivity index (χ1v) is 18.4. The normalized spacial score (nSPS) is 12.5. The molecule has 0 unspecified atom stereocenters. The maximum absolute atomic E-state index is 6.00. The molecular weight excluding hydrogens is 677 g/mol. The molecule has 8 aromatic carbocycles. The van der Waals surface area contributed by atoms with Crippen molar-refractivity contribution in [2.75, 3.05) is 19.6 Å². The highest BCUT2D eigenvalue weighted by Crippen LogP contribution is 2.55. The molecule has 2 heterocycles. The van der Waals surface area contributed by atoms with Gasteiger partial charge in [-0.1, -0.05) is 109 Å². The van der Waals surface area contributed by atoms with Gasteiger partial charge in [-0.25, -0.2) is 0 Å². The van der Waals surface area contributed by atoms with Crippen molar-refractivity contribution < 1.29 is 10.5 Å². The van der Waals surface area contributed by atoms with E-state index in [1.807, 2.05) is 0 Å². The van der Waals surface area contributed by atoms with Gasteiger partial charge in [0.15, 0.2) is 0 Å². The molecule has 55 heavy (non-hydrogen) atoms. The monoisotopic (exact) mass is 714 g/mol. The maximum atomic E-state index is 6.00. The van der Waals surface area contributed by atoms with E-state index in [4.69, 9.17) is 10.5 Å². The maximum Gasteiger partial charge on any atom is 0.0703 e. The molecule has 0 aliphatic carbocycles. The van der Waals surface area contributed by atoms with Gasteiger partial charge in [0.1, 0.15) is 0 Å². The quantitative estimate of drug-likeness (QED) is 0.132. The Bertz CT molecular complexity index is 2280. The first kappa shape index (κ1) is 33.7. The Labute approximate surface area is 321 Å². The summed E-state index contributed by atoms with van der Waals surface area (Å²) in [6.07, 6.45) is 0.852. The average molecular weight is 715 g/mol. The number of benzene rings is 8. The molecule has 0 saturated heterocycles. The van der Waals surface area contributed by atoms with Crippen LogP contribution in [0.4, 0.5) is 68.2 Å². The molecule has 0 radical (unpaired) electrons.